The standard InChI is InChI=1S/C25H22F3N5O3/c1-14-21(31-24(35)18-11-20(23(29)34)30-19-6-4-3-5-17(18)19)22(25(26,27)28)32-33(14)12-15-7-9-16(10-8-15)13-36-2/h3-11H,12-13H2,1-2H3,(H2,29,34)(H,31,35). The first kappa shape index (κ1) is 24.9. The quantitative estimate of drug-likeness (QED) is 0.395. The highest BCUT2D eigenvalue weighted by atomic mass is 19.4. The van der Waals surface area contributed by atoms with Crippen molar-refractivity contribution in [1.29, 1.82) is 0 Å². The summed E-state index contributed by atoms with van der Waals surface area (Å²) in [5.41, 5.74) is 5.48. The minimum atomic E-state index is -4.82. The van der Waals surface area contributed by atoms with Gasteiger partial charge in [-0.1, -0.05) is 42.5 Å². The maximum absolute atomic E-state index is 13.9. The fraction of sp³-hybridized carbons (Fsp3) is 0.200. The Morgan fingerprint density at radius 3 is 2.39 bits per heavy atom. The van der Waals surface area contributed by atoms with Gasteiger partial charge in [-0.3, -0.25) is 14.3 Å². The zero-order chi connectivity index (χ0) is 26.0. The van der Waals surface area contributed by atoms with Crippen LogP contribution in [0, 0.1) is 6.92 Å². The molecule has 0 spiro atoms. The number of nitrogens with one attached hydrogen (secondary N) is 1. The second-order valence-electron chi connectivity index (χ2n) is 8.10. The number of anilines is 1. The lowest BCUT2D eigenvalue weighted by molar-refractivity contribution is -0.140. The van der Waals surface area contributed by atoms with Crippen LogP contribution in [0.15, 0.2) is 54.6 Å². The Balaban J connectivity index is 1.72. The number of carbonyl (C=O) groups excluding carboxylic acids is 2. The van der Waals surface area contributed by atoms with Crippen molar-refractivity contribution in [2.45, 2.75) is 26.3 Å². The van der Waals surface area contributed by atoms with E-state index in [-0.39, 0.29) is 23.5 Å². The molecular weight excluding hydrogens is 475 g/mol. The Labute approximate surface area is 203 Å². The SMILES string of the molecule is COCc1ccc(Cn2nc(C(F)(F)F)c(NC(=O)c3cc(C(N)=O)nc4ccccc34)c2C)cc1. The van der Waals surface area contributed by atoms with Crippen LogP contribution >= 0.6 is 0 Å². The van der Waals surface area contributed by atoms with Crippen LogP contribution in [-0.2, 0) is 24.1 Å². The summed E-state index contributed by atoms with van der Waals surface area (Å²) in [5.74, 6) is -1.72. The van der Waals surface area contributed by atoms with Crippen molar-refractivity contribution in [3.05, 3.63) is 88.4 Å². The van der Waals surface area contributed by atoms with Crippen LogP contribution in [0.1, 0.15) is 43.4 Å². The number of amides is 2. The Kier molecular flexibility index (Phi) is 6.75. The number of primary amides is 1. The van der Waals surface area contributed by atoms with Gasteiger partial charge in [-0.25, -0.2) is 4.98 Å². The average molecular weight is 497 g/mol. The lowest BCUT2D eigenvalue weighted by atomic mass is 10.1. The van der Waals surface area contributed by atoms with E-state index in [1.54, 1.807) is 43.5 Å². The lowest BCUT2D eigenvalue weighted by Crippen LogP contribution is -2.19. The number of rotatable bonds is 7. The number of methoxy groups -OCH3 is 1. The molecule has 2 heterocycles. The highest BCUT2D eigenvalue weighted by Crippen LogP contribution is 2.36. The van der Waals surface area contributed by atoms with Gasteiger partial charge in [-0.15, -0.1) is 0 Å². The van der Waals surface area contributed by atoms with Gasteiger partial charge in [0.25, 0.3) is 11.8 Å². The summed E-state index contributed by atoms with van der Waals surface area (Å²) in [6, 6.07) is 14.8. The number of nitrogens with zero attached hydrogens (tertiary/aromatic N) is 3. The van der Waals surface area contributed by atoms with Gasteiger partial charge in [0.05, 0.1) is 35.6 Å². The highest BCUT2D eigenvalue weighted by Gasteiger charge is 2.39. The molecule has 0 bridgehead atoms. The van der Waals surface area contributed by atoms with E-state index >= 15 is 0 Å². The van der Waals surface area contributed by atoms with E-state index in [2.05, 4.69) is 15.4 Å². The number of carbonyl (C=O) groups is 2. The summed E-state index contributed by atoms with van der Waals surface area (Å²) in [6.07, 6.45) is -4.82. The van der Waals surface area contributed by atoms with E-state index < -0.39 is 29.4 Å². The molecule has 11 heteroatoms. The fourth-order valence-electron chi connectivity index (χ4n) is 3.80. The fourth-order valence-corrected chi connectivity index (χ4v) is 3.80. The molecule has 0 aliphatic rings. The van der Waals surface area contributed by atoms with Crippen molar-refractivity contribution >= 4 is 28.4 Å². The molecule has 0 aliphatic carbocycles. The minimum Gasteiger partial charge on any atom is -0.380 e. The molecule has 0 atom stereocenters. The molecule has 3 N–H and O–H groups in total. The number of nitrogens with two attached hydrogens (primary N) is 1. The van der Waals surface area contributed by atoms with E-state index in [1.165, 1.54) is 11.6 Å². The maximum Gasteiger partial charge on any atom is 0.437 e. The number of alkyl halides is 3. The summed E-state index contributed by atoms with van der Waals surface area (Å²) in [6.45, 7) is 1.91. The summed E-state index contributed by atoms with van der Waals surface area (Å²) >= 11 is 0. The van der Waals surface area contributed by atoms with E-state index in [0.717, 1.165) is 17.2 Å². The van der Waals surface area contributed by atoms with E-state index in [4.69, 9.17) is 10.5 Å². The predicted octanol–water partition coefficient (Wildman–Crippen LogP) is 4.30. The molecule has 0 fully saturated rings. The first-order valence-corrected chi connectivity index (χ1v) is 10.8. The zero-order valence-electron chi connectivity index (χ0n) is 19.4. The Hall–Kier alpha value is -4.25. The Morgan fingerprint density at radius 2 is 1.75 bits per heavy atom. The normalized spacial score (nSPS) is 11.6. The van der Waals surface area contributed by atoms with Crippen molar-refractivity contribution < 1.29 is 27.5 Å². The minimum absolute atomic E-state index is 0.0385. The van der Waals surface area contributed by atoms with Gasteiger partial charge < -0.3 is 15.8 Å². The molecule has 4 rings (SSSR count). The molecule has 36 heavy (non-hydrogen) atoms. The van der Waals surface area contributed by atoms with Crippen molar-refractivity contribution in [2.75, 3.05) is 12.4 Å². The molecule has 0 saturated heterocycles. The van der Waals surface area contributed by atoms with Crippen LogP contribution in [0.4, 0.5) is 18.9 Å². The van der Waals surface area contributed by atoms with Gasteiger partial charge in [0.1, 0.15) is 5.69 Å². The first-order valence-electron chi connectivity index (χ1n) is 10.8. The molecular formula is C25H22F3N5O3. The number of ether oxygens (including phenoxy) is 1. The number of hydrogen-bond donors (Lipinski definition) is 2. The summed E-state index contributed by atoms with van der Waals surface area (Å²) in [7, 11) is 1.57. The van der Waals surface area contributed by atoms with Crippen LogP contribution < -0.4 is 11.1 Å². The van der Waals surface area contributed by atoms with Crippen LogP contribution in [0.3, 0.4) is 0 Å². The molecule has 0 aliphatic heterocycles. The molecule has 8 nitrogen and oxygen atoms in total. The van der Waals surface area contributed by atoms with Gasteiger partial charge >= 0.3 is 6.18 Å². The maximum atomic E-state index is 13.9. The second-order valence-corrected chi connectivity index (χ2v) is 8.10. The van der Waals surface area contributed by atoms with Crippen molar-refractivity contribution in [3.63, 3.8) is 0 Å². The number of pyridine rings is 1. The summed E-state index contributed by atoms with van der Waals surface area (Å²) in [5, 5.41) is 6.47. The third-order valence-electron chi connectivity index (χ3n) is 5.59. The van der Waals surface area contributed by atoms with Gasteiger partial charge in [-0.2, -0.15) is 18.3 Å². The van der Waals surface area contributed by atoms with Crippen LogP contribution in [-0.4, -0.2) is 33.7 Å². The Bertz CT molecular complexity index is 1450. The molecule has 4 aromatic rings. The van der Waals surface area contributed by atoms with Gasteiger partial charge in [0, 0.05) is 12.5 Å². The lowest BCUT2D eigenvalue weighted by Gasteiger charge is -2.11. The first-order chi connectivity index (χ1) is 17.1. The topological polar surface area (TPSA) is 112 Å². The smallest absolute Gasteiger partial charge is 0.380 e. The predicted molar refractivity (Wildman–Crippen MR) is 126 cm³/mol. The monoisotopic (exact) mass is 497 g/mol. The van der Waals surface area contributed by atoms with Crippen LogP contribution in [0.2, 0.25) is 0 Å². The van der Waals surface area contributed by atoms with E-state index in [0.29, 0.717) is 17.5 Å². The molecule has 186 valence electrons. The molecule has 0 unspecified atom stereocenters. The largest absolute Gasteiger partial charge is 0.437 e. The summed E-state index contributed by atoms with van der Waals surface area (Å²) < 4.78 is 47.9. The van der Waals surface area contributed by atoms with Crippen LogP contribution in [0.5, 0.6) is 0 Å². The number of benzene rings is 2. The number of hydrogen-bond acceptors (Lipinski definition) is 5. The molecule has 0 radical (unpaired) electrons. The number of para-hydroxylation sites is 1. The summed E-state index contributed by atoms with van der Waals surface area (Å²) in [4.78, 5) is 29.0. The van der Waals surface area contributed by atoms with E-state index in [1.807, 2.05) is 12.1 Å². The van der Waals surface area contributed by atoms with Gasteiger partial charge in [-0.05, 0) is 30.2 Å². The van der Waals surface area contributed by atoms with Gasteiger partial charge in [0.2, 0.25) is 0 Å². The van der Waals surface area contributed by atoms with Crippen molar-refractivity contribution in [1.82, 2.24) is 14.8 Å². The zero-order valence-corrected chi connectivity index (χ0v) is 19.4. The molecule has 2 amide bonds. The molecule has 2 aromatic carbocycles. The Morgan fingerprint density at radius 1 is 1.08 bits per heavy atom. The van der Waals surface area contributed by atoms with Crippen LogP contribution in [0.25, 0.3) is 10.9 Å². The number of fused-ring (bicyclic) bond motifs is 1. The van der Waals surface area contributed by atoms with Crippen molar-refractivity contribution in [2.24, 2.45) is 5.73 Å². The van der Waals surface area contributed by atoms with E-state index in [9.17, 15) is 22.8 Å². The number of aromatic nitrogens is 3. The molecule has 0 saturated carbocycles. The second kappa shape index (κ2) is 9.78. The molecule has 2 aromatic heterocycles. The number of halogens is 3. The van der Waals surface area contributed by atoms with Gasteiger partial charge in [0.15, 0.2) is 5.69 Å². The highest BCUT2D eigenvalue weighted by molar-refractivity contribution is 6.14. The van der Waals surface area contributed by atoms with Crippen molar-refractivity contribution in [3.8, 4) is 0 Å². The third-order valence-corrected chi connectivity index (χ3v) is 5.59. The average Bonchev–Trinajstić information content (AvgIpc) is 3.15. The third kappa shape index (κ3) is 5.05.